The van der Waals surface area contributed by atoms with Crippen molar-refractivity contribution < 1.29 is 0 Å². The Morgan fingerprint density at radius 2 is 1.73 bits per heavy atom. The molecule has 1 unspecified atom stereocenters. The lowest BCUT2D eigenvalue weighted by atomic mass is 9.79. The van der Waals surface area contributed by atoms with E-state index in [4.69, 9.17) is 11.6 Å². The largest absolute Gasteiger partial charge is 0.127 e. The summed E-state index contributed by atoms with van der Waals surface area (Å²) in [5.41, 5.74) is 0. The van der Waals surface area contributed by atoms with Gasteiger partial charge in [-0.3, -0.25) is 0 Å². The van der Waals surface area contributed by atoms with Crippen LogP contribution in [0.1, 0.15) is 25.7 Å². The van der Waals surface area contributed by atoms with Crippen LogP contribution >= 0.6 is 11.6 Å². The van der Waals surface area contributed by atoms with Gasteiger partial charge in [0.25, 0.3) is 0 Å². The lowest BCUT2D eigenvalue weighted by molar-refractivity contribution is 0.272. The second-order valence-electron chi connectivity index (χ2n) is 3.96. The van der Waals surface area contributed by atoms with Gasteiger partial charge < -0.3 is 0 Å². The Balaban J connectivity index is 1.90. The van der Waals surface area contributed by atoms with Crippen molar-refractivity contribution in [1.82, 2.24) is 0 Å². The molecule has 0 heterocycles. The normalized spacial score (nSPS) is 41.4. The molecule has 1 heteroatoms. The Hall–Kier alpha value is 0.0300. The van der Waals surface area contributed by atoms with Gasteiger partial charge in [-0.15, -0.1) is 11.6 Å². The summed E-state index contributed by atoms with van der Waals surface area (Å²) in [5.74, 6) is 3.58. The third-order valence-electron chi connectivity index (χ3n) is 3.05. The van der Waals surface area contributed by atoms with Crippen LogP contribution in [0.25, 0.3) is 0 Å². The monoisotopic (exact) mass is 170 g/mol. The molecule has 0 aromatic carbocycles. The maximum absolute atomic E-state index is 5.73. The molecule has 2 rings (SSSR count). The first-order valence-corrected chi connectivity index (χ1v) is 5.16. The Morgan fingerprint density at radius 3 is 2.27 bits per heavy atom. The Labute approximate surface area is 73.6 Å². The van der Waals surface area contributed by atoms with Gasteiger partial charge in [0.2, 0.25) is 0 Å². The van der Waals surface area contributed by atoms with Crippen molar-refractivity contribution in [3.05, 3.63) is 12.2 Å². The van der Waals surface area contributed by atoms with E-state index in [9.17, 15) is 0 Å². The minimum atomic E-state index is 0.851. The average Bonchev–Trinajstić information content (AvgIpc) is 2.32. The highest BCUT2D eigenvalue weighted by molar-refractivity contribution is 6.17. The van der Waals surface area contributed by atoms with Gasteiger partial charge in [0.15, 0.2) is 0 Å². The van der Waals surface area contributed by atoms with Gasteiger partial charge in [-0.05, 0) is 43.4 Å². The number of fused-ring (bicyclic) bond motifs is 2. The van der Waals surface area contributed by atoms with Gasteiger partial charge in [-0.2, -0.15) is 0 Å². The van der Waals surface area contributed by atoms with Crippen molar-refractivity contribution in [2.45, 2.75) is 25.7 Å². The number of hydrogen-bond acceptors (Lipinski definition) is 0. The highest BCUT2D eigenvalue weighted by Crippen LogP contribution is 2.40. The summed E-state index contributed by atoms with van der Waals surface area (Å²) < 4.78 is 0. The molecule has 0 N–H and O–H groups in total. The number of halogens is 1. The van der Waals surface area contributed by atoms with Crippen molar-refractivity contribution >= 4 is 11.6 Å². The molecular formula is C10H15Cl. The van der Waals surface area contributed by atoms with Gasteiger partial charge in [0.1, 0.15) is 0 Å². The van der Waals surface area contributed by atoms with E-state index in [0.717, 1.165) is 23.6 Å². The lowest BCUT2D eigenvalue weighted by Gasteiger charge is -2.27. The number of rotatable bonds is 2. The summed E-state index contributed by atoms with van der Waals surface area (Å²) in [5, 5.41) is 0. The van der Waals surface area contributed by atoms with Crippen LogP contribution in [-0.4, -0.2) is 5.88 Å². The minimum Gasteiger partial charge on any atom is -0.127 e. The molecule has 0 nitrogen and oxygen atoms in total. The molecule has 11 heavy (non-hydrogen) atoms. The summed E-state index contributed by atoms with van der Waals surface area (Å²) in [7, 11) is 0. The molecule has 0 radical (unpaired) electrons. The molecule has 0 saturated heterocycles. The molecule has 3 atom stereocenters. The highest BCUT2D eigenvalue weighted by Gasteiger charge is 2.29. The zero-order chi connectivity index (χ0) is 7.68. The zero-order valence-electron chi connectivity index (χ0n) is 6.80. The molecule has 1 fully saturated rings. The topological polar surface area (TPSA) is 0 Å². The first-order chi connectivity index (χ1) is 5.38. The van der Waals surface area contributed by atoms with Gasteiger partial charge in [-0.25, -0.2) is 0 Å². The van der Waals surface area contributed by atoms with Gasteiger partial charge in [0, 0.05) is 5.88 Å². The summed E-state index contributed by atoms with van der Waals surface area (Å²) in [4.78, 5) is 0. The van der Waals surface area contributed by atoms with Crippen molar-refractivity contribution in [3.8, 4) is 0 Å². The van der Waals surface area contributed by atoms with Gasteiger partial charge >= 0.3 is 0 Å². The Kier molecular flexibility index (Phi) is 2.22. The molecule has 2 aliphatic rings. The van der Waals surface area contributed by atoms with Crippen LogP contribution in [0, 0.1) is 17.8 Å². The van der Waals surface area contributed by atoms with Crippen LogP contribution < -0.4 is 0 Å². The van der Waals surface area contributed by atoms with Crippen LogP contribution in [0.2, 0.25) is 0 Å². The van der Waals surface area contributed by atoms with Gasteiger partial charge in [0.05, 0.1) is 0 Å². The van der Waals surface area contributed by atoms with E-state index in [1.807, 2.05) is 0 Å². The fourth-order valence-corrected chi connectivity index (χ4v) is 2.86. The molecule has 0 aliphatic heterocycles. The maximum Gasteiger partial charge on any atom is 0.0226 e. The second-order valence-corrected chi connectivity index (χ2v) is 4.33. The molecule has 0 aromatic rings. The fourth-order valence-electron chi connectivity index (χ4n) is 2.55. The summed E-state index contributed by atoms with van der Waals surface area (Å²) >= 11 is 5.73. The van der Waals surface area contributed by atoms with Crippen LogP contribution in [0.4, 0.5) is 0 Å². The molecule has 0 aromatic heterocycles. The van der Waals surface area contributed by atoms with E-state index < -0.39 is 0 Å². The predicted octanol–water partition coefficient (Wildman–Crippen LogP) is 3.22. The zero-order valence-corrected chi connectivity index (χ0v) is 7.56. The van der Waals surface area contributed by atoms with E-state index in [1.165, 1.54) is 25.7 Å². The van der Waals surface area contributed by atoms with Crippen molar-refractivity contribution in [3.63, 3.8) is 0 Å². The van der Waals surface area contributed by atoms with Crippen molar-refractivity contribution in [2.24, 2.45) is 17.8 Å². The summed E-state index contributed by atoms with van der Waals surface area (Å²) in [6.07, 6.45) is 10.3. The SMILES string of the molecule is ClCCC1C[C@H]2C=C[C@@H](C1)C2. The first kappa shape index (κ1) is 7.67. The molecule has 2 aliphatic carbocycles. The molecule has 0 spiro atoms. The quantitative estimate of drug-likeness (QED) is 0.441. The molecule has 62 valence electrons. The van der Waals surface area contributed by atoms with E-state index in [-0.39, 0.29) is 0 Å². The molecular weight excluding hydrogens is 156 g/mol. The number of hydrogen-bond donors (Lipinski definition) is 0. The fraction of sp³-hybridized carbons (Fsp3) is 0.800. The number of alkyl halides is 1. The van der Waals surface area contributed by atoms with E-state index in [1.54, 1.807) is 0 Å². The average molecular weight is 171 g/mol. The van der Waals surface area contributed by atoms with Crippen LogP contribution in [0.5, 0.6) is 0 Å². The van der Waals surface area contributed by atoms with E-state index >= 15 is 0 Å². The second kappa shape index (κ2) is 3.18. The van der Waals surface area contributed by atoms with Gasteiger partial charge in [-0.1, -0.05) is 12.2 Å². The molecule has 0 amide bonds. The summed E-state index contributed by atoms with van der Waals surface area (Å²) in [6, 6.07) is 0. The molecule has 2 bridgehead atoms. The van der Waals surface area contributed by atoms with Crippen LogP contribution in [-0.2, 0) is 0 Å². The predicted molar refractivity (Wildman–Crippen MR) is 48.8 cm³/mol. The molecule has 1 saturated carbocycles. The first-order valence-electron chi connectivity index (χ1n) is 4.62. The maximum atomic E-state index is 5.73. The highest BCUT2D eigenvalue weighted by atomic mass is 35.5. The van der Waals surface area contributed by atoms with Crippen LogP contribution in [0.15, 0.2) is 12.2 Å². The third kappa shape index (κ3) is 1.61. The smallest absolute Gasteiger partial charge is 0.0226 e. The van der Waals surface area contributed by atoms with Crippen LogP contribution in [0.3, 0.4) is 0 Å². The minimum absolute atomic E-state index is 0.851. The van der Waals surface area contributed by atoms with E-state index in [0.29, 0.717) is 0 Å². The Bertz CT molecular complexity index is 148. The number of allylic oxidation sites excluding steroid dienone is 2. The van der Waals surface area contributed by atoms with Crippen molar-refractivity contribution in [1.29, 1.82) is 0 Å². The Morgan fingerprint density at radius 1 is 1.09 bits per heavy atom. The standard InChI is InChI=1S/C10H15Cl/c11-4-3-10-6-8-1-2-9(5-8)7-10/h1-2,8-10H,3-7H2/t8-,9+,10?. The summed E-state index contributed by atoms with van der Waals surface area (Å²) in [6.45, 7) is 0. The third-order valence-corrected chi connectivity index (χ3v) is 3.27. The van der Waals surface area contributed by atoms with E-state index in [2.05, 4.69) is 12.2 Å². The lowest BCUT2D eigenvalue weighted by Crippen LogP contribution is -2.16. The van der Waals surface area contributed by atoms with Crippen molar-refractivity contribution in [2.75, 3.05) is 5.88 Å².